The maximum absolute atomic E-state index is 9.87. The molecule has 0 atom stereocenters. The molecule has 5 heteroatoms. The summed E-state index contributed by atoms with van der Waals surface area (Å²) in [5.74, 6) is 2.53. The third-order valence-electron chi connectivity index (χ3n) is 3.76. The van der Waals surface area contributed by atoms with Crippen LogP contribution < -0.4 is 5.46 Å². The summed E-state index contributed by atoms with van der Waals surface area (Å²) in [6.45, 7) is 7.92. The van der Waals surface area contributed by atoms with Gasteiger partial charge in [0.05, 0.1) is 23.3 Å². The van der Waals surface area contributed by atoms with Crippen molar-refractivity contribution in [2.45, 2.75) is 45.3 Å². The maximum atomic E-state index is 9.87. The minimum atomic E-state index is -0.525. The van der Waals surface area contributed by atoms with Crippen LogP contribution in [0.5, 0.6) is 5.75 Å². The Kier molecular flexibility index (Phi) is 3.33. The standard InChI is InChI=1S/C14H18BNO3/c1-6-7-11-12(17)8-10(9-16-11)15-18-13(2,3)14(4,5)19-15/h1,8-9,17H,7H2,2-5H3. The Morgan fingerprint density at radius 1 is 1.32 bits per heavy atom. The second-order valence-electron chi connectivity index (χ2n) is 5.70. The number of aromatic hydroxyl groups is 1. The third kappa shape index (κ3) is 2.47. The number of terminal acetylenes is 1. The summed E-state index contributed by atoms with van der Waals surface area (Å²) in [5.41, 5.74) is 0.356. The van der Waals surface area contributed by atoms with Gasteiger partial charge in [-0.15, -0.1) is 12.3 Å². The van der Waals surface area contributed by atoms with Gasteiger partial charge in [0.2, 0.25) is 0 Å². The smallest absolute Gasteiger partial charge is 0.496 e. The lowest BCUT2D eigenvalue weighted by atomic mass is 9.80. The van der Waals surface area contributed by atoms with E-state index in [1.807, 2.05) is 27.7 Å². The molecule has 4 nitrogen and oxygen atoms in total. The molecule has 1 aliphatic rings. The quantitative estimate of drug-likeness (QED) is 0.641. The Morgan fingerprint density at radius 2 is 1.89 bits per heavy atom. The average Bonchev–Trinajstić information content (AvgIpc) is 2.51. The van der Waals surface area contributed by atoms with Gasteiger partial charge in [0.15, 0.2) is 0 Å². The number of nitrogens with zero attached hydrogens (tertiary/aromatic N) is 1. The highest BCUT2D eigenvalue weighted by atomic mass is 16.7. The van der Waals surface area contributed by atoms with Crippen LogP contribution in [0.4, 0.5) is 0 Å². The first-order chi connectivity index (χ1) is 8.77. The van der Waals surface area contributed by atoms with E-state index >= 15 is 0 Å². The molecule has 0 amide bonds. The van der Waals surface area contributed by atoms with Crippen LogP contribution >= 0.6 is 0 Å². The molecule has 1 N–H and O–H groups in total. The van der Waals surface area contributed by atoms with Crippen molar-refractivity contribution in [3.63, 3.8) is 0 Å². The van der Waals surface area contributed by atoms with E-state index < -0.39 is 18.3 Å². The van der Waals surface area contributed by atoms with Crippen molar-refractivity contribution < 1.29 is 14.4 Å². The molecule has 1 aromatic rings. The molecule has 0 radical (unpaired) electrons. The molecule has 1 aliphatic heterocycles. The van der Waals surface area contributed by atoms with Gasteiger partial charge in [0.1, 0.15) is 5.75 Å². The van der Waals surface area contributed by atoms with Gasteiger partial charge in [0, 0.05) is 11.7 Å². The first kappa shape index (κ1) is 13.9. The van der Waals surface area contributed by atoms with Crippen LogP contribution in [0.25, 0.3) is 0 Å². The van der Waals surface area contributed by atoms with E-state index in [9.17, 15) is 5.11 Å². The van der Waals surface area contributed by atoms with Crippen molar-refractivity contribution in [2.75, 3.05) is 0 Å². The van der Waals surface area contributed by atoms with Gasteiger partial charge in [-0.2, -0.15) is 0 Å². The van der Waals surface area contributed by atoms with Crippen molar-refractivity contribution in [1.82, 2.24) is 4.98 Å². The Labute approximate surface area is 114 Å². The van der Waals surface area contributed by atoms with Gasteiger partial charge in [-0.1, -0.05) is 0 Å². The van der Waals surface area contributed by atoms with E-state index in [1.165, 1.54) is 0 Å². The molecular weight excluding hydrogens is 241 g/mol. The molecule has 1 saturated heterocycles. The van der Waals surface area contributed by atoms with Gasteiger partial charge >= 0.3 is 7.12 Å². The van der Waals surface area contributed by atoms with Crippen molar-refractivity contribution >= 4 is 12.6 Å². The van der Waals surface area contributed by atoms with Crippen LogP contribution in [-0.4, -0.2) is 28.4 Å². The van der Waals surface area contributed by atoms with E-state index in [-0.39, 0.29) is 5.75 Å². The van der Waals surface area contributed by atoms with Crippen LogP contribution in [0.3, 0.4) is 0 Å². The molecule has 19 heavy (non-hydrogen) atoms. The fourth-order valence-electron chi connectivity index (χ4n) is 1.84. The highest BCUT2D eigenvalue weighted by molar-refractivity contribution is 6.62. The zero-order chi connectivity index (χ0) is 14.3. The first-order valence-electron chi connectivity index (χ1n) is 6.24. The van der Waals surface area contributed by atoms with Gasteiger partial charge in [-0.05, 0) is 33.8 Å². The van der Waals surface area contributed by atoms with E-state index in [0.717, 1.165) is 0 Å². The van der Waals surface area contributed by atoms with E-state index in [2.05, 4.69) is 10.9 Å². The SMILES string of the molecule is C#CCc1ncc(B2OC(C)(C)C(C)(C)O2)cc1O. The highest BCUT2D eigenvalue weighted by Crippen LogP contribution is 2.36. The molecular formula is C14H18BNO3. The summed E-state index contributed by atoms with van der Waals surface area (Å²) in [6, 6.07) is 1.60. The highest BCUT2D eigenvalue weighted by Gasteiger charge is 2.51. The predicted octanol–water partition coefficient (Wildman–Crippen LogP) is 1.26. The summed E-state index contributed by atoms with van der Waals surface area (Å²) in [5, 5.41) is 9.87. The van der Waals surface area contributed by atoms with Crippen molar-refractivity contribution in [3.8, 4) is 18.1 Å². The predicted molar refractivity (Wildman–Crippen MR) is 74.2 cm³/mol. The lowest BCUT2D eigenvalue weighted by molar-refractivity contribution is 0.00578. The van der Waals surface area contributed by atoms with Crippen LogP contribution in [0.2, 0.25) is 0 Å². The number of hydrogen-bond acceptors (Lipinski definition) is 4. The molecule has 100 valence electrons. The van der Waals surface area contributed by atoms with Crippen molar-refractivity contribution in [3.05, 3.63) is 18.0 Å². The summed E-state index contributed by atoms with van der Waals surface area (Å²) in [4.78, 5) is 4.16. The lowest BCUT2D eigenvalue weighted by Gasteiger charge is -2.32. The molecule has 2 heterocycles. The summed E-state index contributed by atoms with van der Waals surface area (Å²) in [7, 11) is -0.525. The molecule has 0 aromatic carbocycles. The van der Waals surface area contributed by atoms with Gasteiger partial charge in [-0.25, -0.2) is 0 Å². The normalized spacial score (nSPS) is 20.3. The minimum Gasteiger partial charge on any atom is -0.506 e. The van der Waals surface area contributed by atoms with Crippen molar-refractivity contribution in [1.29, 1.82) is 0 Å². The second kappa shape index (κ2) is 4.55. The number of pyridine rings is 1. The summed E-state index contributed by atoms with van der Waals surface area (Å²) in [6.07, 6.45) is 7.14. The van der Waals surface area contributed by atoms with Gasteiger partial charge in [-0.3, -0.25) is 4.98 Å². The summed E-state index contributed by atoms with van der Waals surface area (Å²) < 4.78 is 11.8. The lowest BCUT2D eigenvalue weighted by Crippen LogP contribution is -2.41. The Bertz CT molecular complexity index is 518. The van der Waals surface area contributed by atoms with Gasteiger partial charge < -0.3 is 14.4 Å². The number of hydrogen-bond donors (Lipinski definition) is 1. The summed E-state index contributed by atoms with van der Waals surface area (Å²) >= 11 is 0. The number of aromatic nitrogens is 1. The van der Waals surface area contributed by atoms with E-state index in [1.54, 1.807) is 12.3 Å². The Morgan fingerprint density at radius 3 is 2.37 bits per heavy atom. The van der Waals surface area contributed by atoms with E-state index in [0.29, 0.717) is 17.6 Å². The molecule has 0 aliphatic carbocycles. The molecule has 0 spiro atoms. The van der Waals surface area contributed by atoms with E-state index in [4.69, 9.17) is 15.7 Å². The zero-order valence-corrected chi connectivity index (χ0v) is 11.7. The van der Waals surface area contributed by atoms with Gasteiger partial charge in [0.25, 0.3) is 0 Å². The fourth-order valence-corrected chi connectivity index (χ4v) is 1.84. The Hall–Kier alpha value is -1.51. The fraction of sp³-hybridized carbons (Fsp3) is 0.500. The van der Waals surface area contributed by atoms with Crippen molar-refractivity contribution in [2.24, 2.45) is 0 Å². The monoisotopic (exact) mass is 259 g/mol. The zero-order valence-electron chi connectivity index (χ0n) is 11.7. The molecule has 1 aromatic heterocycles. The van der Waals surface area contributed by atoms with Crippen LogP contribution in [0.1, 0.15) is 33.4 Å². The first-order valence-corrected chi connectivity index (χ1v) is 6.24. The van der Waals surface area contributed by atoms with Crippen LogP contribution in [-0.2, 0) is 15.7 Å². The maximum Gasteiger partial charge on any atom is 0.496 e. The van der Waals surface area contributed by atoms with Crippen LogP contribution in [0.15, 0.2) is 12.3 Å². The molecule has 0 bridgehead atoms. The molecule has 0 saturated carbocycles. The molecule has 1 fully saturated rings. The Balaban J connectivity index is 2.26. The average molecular weight is 259 g/mol. The topological polar surface area (TPSA) is 51.6 Å². The number of rotatable bonds is 2. The second-order valence-corrected chi connectivity index (χ2v) is 5.70. The third-order valence-corrected chi connectivity index (χ3v) is 3.76. The molecule has 2 rings (SSSR count). The minimum absolute atomic E-state index is 0.0742. The largest absolute Gasteiger partial charge is 0.506 e. The van der Waals surface area contributed by atoms with Crippen LogP contribution in [0, 0.1) is 12.3 Å². The molecule has 0 unspecified atom stereocenters.